The van der Waals surface area contributed by atoms with Crippen molar-refractivity contribution >= 4 is 0 Å². The van der Waals surface area contributed by atoms with Gasteiger partial charge in [0.2, 0.25) is 0 Å². The molecule has 0 bridgehead atoms. The molecule has 0 spiro atoms. The largest absolute Gasteiger partial charge is 0.359 e. The van der Waals surface area contributed by atoms with Gasteiger partial charge in [-0.15, -0.1) is 0 Å². The summed E-state index contributed by atoms with van der Waals surface area (Å²) in [5.74, 6) is 0. The third-order valence-electron chi connectivity index (χ3n) is 9.57. The minimum atomic E-state index is 0.00354. The molecular formula is C21H42O2. The van der Waals surface area contributed by atoms with E-state index in [-0.39, 0.29) is 38.6 Å². The van der Waals surface area contributed by atoms with Crippen LogP contribution >= 0.6 is 0 Å². The average Bonchev–Trinajstić information content (AvgIpc) is 2.37. The fraction of sp³-hybridized carbons (Fsp3) is 1.00. The molecule has 0 aliphatic heterocycles. The quantitative estimate of drug-likeness (QED) is 0.457. The van der Waals surface area contributed by atoms with Gasteiger partial charge in [0.1, 0.15) is 6.79 Å². The lowest BCUT2D eigenvalue weighted by Gasteiger charge is -2.61. The predicted octanol–water partition coefficient (Wildman–Crippen LogP) is 6.15. The Morgan fingerprint density at radius 2 is 0.870 bits per heavy atom. The minimum Gasteiger partial charge on any atom is -0.359 e. The van der Waals surface area contributed by atoms with Crippen LogP contribution in [-0.2, 0) is 9.47 Å². The Morgan fingerprint density at radius 3 is 1.13 bits per heavy atom. The number of methoxy groups -OCH3 is 1. The summed E-state index contributed by atoms with van der Waals surface area (Å²) < 4.78 is 11.7. The molecule has 0 aromatic carbocycles. The van der Waals surface area contributed by atoms with Crippen LogP contribution < -0.4 is 0 Å². The van der Waals surface area contributed by atoms with E-state index in [1.165, 1.54) is 0 Å². The van der Waals surface area contributed by atoms with E-state index < -0.39 is 0 Å². The van der Waals surface area contributed by atoms with Crippen LogP contribution in [0.3, 0.4) is 0 Å². The molecule has 2 heteroatoms. The zero-order chi connectivity index (χ0) is 18.7. The summed E-state index contributed by atoms with van der Waals surface area (Å²) in [6, 6.07) is 0. The maximum Gasteiger partial charge on any atom is 0.146 e. The van der Waals surface area contributed by atoms with Crippen LogP contribution in [-0.4, -0.2) is 20.0 Å². The molecule has 0 aromatic rings. The monoisotopic (exact) mass is 326 g/mol. The van der Waals surface area contributed by atoms with Crippen molar-refractivity contribution in [2.45, 2.75) is 89.2 Å². The third-order valence-corrected chi connectivity index (χ3v) is 9.57. The van der Waals surface area contributed by atoms with E-state index in [1.807, 2.05) is 0 Å². The summed E-state index contributed by atoms with van der Waals surface area (Å²) >= 11 is 0. The lowest BCUT2D eigenvalue weighted by atomic mass is 9.43. The molecule has 0 N–H and O–H groups in total. The summed E-state index contributed by atoms with van der Waals surface area (Å²) in [6.45, 7) is 29.4. The SMILES string of the molecule is COCOC1C(C)(C)C(C)(C)C(C)(C)C(C)(C)C(C)(C)C1(C)C. The van der Waals surface area contributed by atoms with Crippen molar-refractivity contribution in [1.82, 2.24) is 0 Å². The summed E-state index contributed by atoms with van der Waals surface area (Å²) in [5, 5.41) is 0. The van der Waals surface area contributed by atoms with E-state index in [0.717, 1.165) is 0 Å². The van der Waals surface area contributed by atoms with Crippen LogP contribution in [0, 0.1) is 32.5 Å². The van der Waals surface area contributed by atoms with E-state index in [0.29, 0.717) is 6.79 Å². The Balaban J connectivity index is 3.77. The smallest absolute Gasteiger partial charge is 0.146 e. The maximum atomic E-state index is 6.38. The Morgan fingerprint density at radius 1 is 0.565 bits per heavy atom. The Bertz CT molecular complexity index is 401. The molecule has 0 saturated heterocycles. The van der Waals surface area contributed by atoms with Crippen LogP contribution in [0.4, 0.5) is 0 Å². The number of hydrogen-bond donors (Lipinski definition) is 0. The molecule has 0 radical (unpaired) electrons. The van der Waals surface area contributed by atoms with Crippen molar-refractivity contribution in [1.29, 1.82) is 0 Å². The molecule has 1 fully saturated rings. The molecule has 1 aliphatic rings. The van der Waals surface area contributed by atoms with Gasteiger partial charge < -0.3 is 9.47 Å². The molecule has 2 nitrogen and oxygen atoms in total. The second-order valence-corrected chi connectivity index (χ2v) is 10.9. The molecule has 0 atom stereocenters. The highest BCUT2D eigenvalue weighted by atomic mass is 16.7. The first-order valence-corrected chi connectivity index (χ1v) is 9.05. The topological polar surface area (TPSA) is 18.5 Å². The first-order valence-electron chi connectivity index (χ1n) is 9.05. The number of rotatable bonds is 3. The number of hydrogen-bond acceptors (Lipinski definition) is 2. The highest BCUT2D eigenvalue weighted by Crippen LogP contribution is 2.73. The summed E-state index contributed by atoms with van der Waals surface area (Å²) in [5.41, 5.74) is 0.456. The van der Waals surface area contributed by atoms with Gasteiger partial charge in [-0.1, -0.05) is 83.1 Å². The highest BCUT2D eigenvalue weighted by Gasteiger charge is 2.69. The highest BCUT2D eigenvalue weighted by molar-refractivity contribution is 5.17. The predicted molar refractivity (Wildman–Crippen MR) is 99.4 cm³/mol. The standard InChI is InChI=1S/C21H42O2/c1-16(2)15(23-14-22-13)17(3,4)19(7,8)21(11,12)20(9,10)18(16,5)6/h15H,14H2,1-13H3. The second kappa shape index (κ2) is 5.46. The Labute approximate surface area is 145 Å². The van der Waals surface area contributed by atoms with E-state index in [9.17, 15) is 0 Å². The van der Waals surface area contributed by atoms with Crippen LogP contribution in [0.25, 0.3) is 0 Å². The molecule has 0 unspecified atom stereocenters. The fourth-order valence-electron chi connectivity index (χ4n) is 5.28. The van der Waals surface area contributed by atoms with Gasteiger partial charge in [0.25, 0.3) is 0 Å². The van der Waals surface area contributed by atoms with Crippen molar-refractivity contribution in [3.63, 3.8) is 0 Å². The van der Waals surface area contributed by atoms with Crippen molar-refractivity contribution in [3.05, 3.63) is 0 Å². The molecule has 138 valence electrons. The van der Waals surface area contributed by atoms with Crippen molar-refractivity contribution in [2.24, 2.45) is 32.5 Å². The van der Waals surface area contributed by atoms with E-state index >= 15 is 0 Å². The van der Waals surface area contributed by atoms with Crippen LogP contribution in [0.2, 0.25) is 0 Å². The van der Waals surface area contributed by atoms with Gasteiger partial charge in [-0.25, -0.2) is 0 Å². The molecule has 0 aromatic heterocycles. The molecule has 0 heterocycles. The Kier molecular flexibility index (Phi) is 4.98. The zero-order valence-corrected chi connectivity index (χ0v) is 18.1. The van der Waals surface area contributed by atoms with E-state index in [4.69, 9.17) is 9.47 Å². The molecule has 1 rings (SSSR count). The number of ether oxygens (including phenoxy) is 2. The van der Waals surface area contributed by atoms with E-state index in [1.54, 1.807) is 7.11 Å². The molecule has 0 amide bonds. The van der Waals surface area contributed by atoms with Crippen LogP contribution in [0.5, 0.6) is 0 Å². The molecule has 23 heavy (non-hydrogen) atoms. The van der Waals surface area contributed by atoms with Crippen molar-refractivity contribution in [3.8, 4) is 0 Å². The lowest BCUT2D eigenvalue weighted by Crippen LogP contribution is -2.54. The molecule has 1 saturated carbocycles. The van der Waals surface area contributed by atoms with Crippen molar-refractivity contribution in [2.75, 3.05) is 13.9 Å². The average molecular weight is 327 g/mol. The van der Waals surface area contributed by atoms with Gasteiger partial charge in [-0.3, -0.25) is 0 Å². The summed E-state index contributed by atoms with van der Waals surface area (Å²) in [6.07, 6.45) is 0.112. The lowest BCUT2D eigenvalue weighted by molar-refractivity contribution is -0.198. The zero-order valence-electron chi connectivity index (χ0n) is 18.1. The third kappa shape index (κ3) is 2.34. The van der Waals surface area contributed by atoms with Gasteiger partial charge in [0.05, 0.1) is 6.10 Å². The Hall–Kier alpha value is -0.0800. The molecular weight excluding hydrogens is 284 g/mol. The van der Waals surface area contributed by atoms with Crippen LogP contribution in [0.15, 0.2) is 0 Å². The van der Waals surface area contributed by atoms with E-state index in [2.05, 4.69) is 83.1 Å². The van der Waals surface area contributed by atoms with Gasteiger partial charge in [0, 0.05) is 7.11 Å². The maximum absolute atomic E-state index is 6.38. The normalized spacial score (nSPS) is 30.7. The first kappa shape index (κ1) is 21.0. The van der Waals surface area contributed by atoms with Crippen LogP contribution in [0.1, 0.15) is 83.1 Å². The van der Waals surface area contributed by atoms with Gasteiger partial charge in [-0.2, -0.15) is 0 Å². The van der Waals surface area contributed by atoms with Gasteiger partial charge in [-0.05, 0) is 32.5 Å². The summed E-state index contributed by atoms with van der Waals surface area (Å²) in [7, 11) is 1.71. The first-order chi connectivity index (χ1) is 9.94. The minimum absolute atomic E-state index is 0.00354. The van der Waals surface area contributed by atoms with Gasteiger partial charge >= 0.3 is 0 Å². The second-order valence-electron chi connectivity index (χ2n) is 10.9. The molecule has 1 aliphatic carbocycles. The fourth-order valence-corrected chi connectivity index (χ4v) is 5.28. The van der Waals surface area contributed by atoms with Crippen molar-refractivity contribution < 1.29 is 9.47 Å². The summed E-state index contributed by atoms with van der Waals surface area (Å²) in [4.78, 5) is 0. The van der Waals surface area contributed by atoms with Gasteiger partial charge in [0.15, 0.2) is 0 Å².